The van der Waals surface area contributed by atoms with Crippen LogP contribution in [0.4, 0.5) is 0 Å². The molecular weight excluding hydrogens is 292 g/mol. The molecule has 120 valence electrons. The lowest BCUT2D eigenvalue weighted by Crippen LogP contribution is -2.50. The van der Waals surface area contributed by atoms with Crippen LogP contribution in [0, 0.1) is 19.3 Å². The highest BCUT2D eigenvalue weighted by molar-refractivity contribution is 5.21. The van der Waals surface area contributed by atoms with Gasteiger partial charge in [-0.25, -0.2) is 4.79 Å². The van der Waals surface area contributed by atoms with Crippen LogP contribution in [-0.4, -0.2) is 50.8 Å². The minimum Gasteiger partial charge on any atom is -0.391 e. The maximum absolute atomic E-state index is 12.1. The van der Waals surface area contributed by atoms with Gasteiger partial charge < -0.3 is 19.7 Å². The van der Waals surface area contributed by atoms with Crippen LogP contribution in [-0.2, 0) is 9.47 Å². The van der Waals surface area contributed by atoms with Crippen molar-refractivity contribution in [1.29, 1.82) is 0 Å². The third kappa shape index (κ3) is 2.38. The number of rotatable bonds is 3. The molecule has 3 N–H and O–H groups in total. The molecule has 1 saturated heterocycles. The van der Waals surface area contributed by atoms with E-state index in [0.29, 0.717) is 0 Å². The summed E-state index contributed by atoms with van der Waals surface area (Å²) in [5, 5.41) is 20.6. The van der Waals surface area contributed by atoms with E-state index in [1.54, 1.807) is 0 Å². The highest BCUT2D eigenvalue weighted by Crippen LogP contribution is 2.40. The number of methoxy groups -OCH3 is 1. The number of ether oxygens (including phenoxy) is 2. The van der Waals surface area contributed by atoms with Gasteiger partial charge in [-0.3, -0.25) is 14.3 Å². The van der Waals surface area contributed by atoms with Crippen LogP contribution in [0.25, 0.3) is 0 Å². The summed E-state index contributed by atoms with van der Waals surface area (Å²) in [4.78, 5) is 25.5. The van der Waals surface area contributed by atoms with E-state index >= 15 is 0 Å². The van der Waals surface area contributed by atoms with Gasteiger partial charge in [0.25, 0.3) is 5.56 Å². The van der Waals surface area contributed by atoms with E-state index in [-0.39, 0.29) is 5.69 Å². The molecule has 8 heteroatoms. The second-order valence-corrected chi connectivity index (χ2v) is 5.27. The van der Waals surface area contributed by atoms with Crippen molar-refractivity contribution in [3.05, 3.63) is 32.6 Å². The normalized spacial score (nSPS) is 32.6. The molecule has 1 aromatic heterocycles. The summed E-state index contributed by atoms with van der Waals surface area (Å²) in [6.07, 6.45) is 1.16. The highest BCUT2D eigenvalue weighted by Gasteiger charge is 2.58. The smallest absolute Gasteiger partial charge is 0.330 e. The van der Waals surface area contributed by atoms with Crippen molar-refractivity contribution in [1.82, 2.24) is 9.55 Å². The first-order chi connectivity index (χ1) is 10.3. The maximum atomic E-state index is 12.1. The number of hydrogen-bond donors (Lipinski definition) is 3. The zero-order valence-electron chi connectivity index (χ0n) is 12.4. The SMILES string of the molecule is C#CC1(O)[C@@H](OC)[C@@H]([C@H](C)O)O[C@H]1n1c(C)cc(=O)[nH]c1=O. The van der Waals surface area contributed by atoms with Gasteiger partial charge in [0.2, 0.25) is 0 Å². The van der Waals surface area contributed by atoms with Crippen molar-refractivity contribution in [3.8, 4) is 12.3 Å². The first-order valence-corrected chi connectivity index (χ1v) is 6.65. The van der Waals surface area contributed by atoms with Gasteiger partial charge >= 0.3 is 5.69 Å². The monoisotopic (exact) mass is 310 g/mol. The van der Waals surface area contributed by atoms with Gasteiger partial charge in [0.15, 0.2) is 11.8 Å². The van der Waals surface area contributed by atoms with Crippen molar-refractivity contribution in [2.45, 2.75) is 44.0 Å². The van der Waals surface area contributed by atoms with E-state index in [9.17, 15) is 19.8 Å². The minimum atomic E-state index is -1.98. The van der Waals surface area contributed by atoms with Crippen molar-refractivity contribution < 1.29 is 19.7 Å². The summed E-state index contributed by atoms with van der Waals surface area (Å²) in [5.74, 6) is 2.19. The molecule has 5 atom stereocenters. The summed E-state index contributed by atoms with van der Waals surface area (Å²) < 4.78 is 11.8. The van der Waals surface area contributed by atoms with Crippen LogP contribution in [0.15, 0.2) is 15.7 Å². The average molecular weight is 310 g/mol. The van der Waals surface area contributed by atoms with Crippen LogP contribution in [0.1, 0.15) is 18.8 Å². The molecule has 1 aliphatic rings. The molecule has 0 aliphatic carbocycles. The number of aromatic nitrogens is 2. The maximum Gasteiger partial charge on any atom is 0.330 e. The lowest BCUT2D eigenvalue weighted by molar-refractivity contribution is -0.0894. The van der Waals surface area contributed by atoms with Crippen molar-refractivity contribution in [2.24, 2.45) is 0 Å². The van der Waals surface area contributed by atoms with E-state index in [1.165, 1.54) is 27.0 Å². The Morgan fingerprint density at radius 2 is 2.23 bits per heavy atom. The minimum absolute atomic E-state index is 0.258. The Balaban J connectivity index is 2.63. The molecule has 1 fully saturated rings. The van der Waals surface area contributed by atoms with Gasteiger partial charge in [-0.2, -0.15) is 0 Å². The van der Waals surface area contributed by atoms with Gasteiger partial charge in [-0.05, 0) is 13.8 Å². The highest BCUT2D eigenvalue weighted by atomic mass is 16.6. The molecule has 0 aromatic carbocycles. The number of nitrogens with zero attached hydrogens (tertiary/aromatic N) is 1. The predicted molar refractivity (Wildman–Crippen MR) is 76.2 cm³/mol. The number of H-pyrrole nitrogens is 1. The van der Waals surface area contributed by atoms with Gasteiger partial charge in [-0.1, -0.05) is 5.92 Å². The number of aliphatic hydroxyl groups is 2. The number of aliphatic hydroxyl groups excluding tert-OH is 1. The van der Waals surface area contributed by atoms with Crippen LogP contribution < -0.4 is 11.2 Å². The van der Waals surface area contributed by atoms with E-state index in [4.69, 9.17) is 15.9 Å². The summed E-state index contributed by atoms with van der Waals surface area (Å²) in [6.45, 7) is 2.97. The third-order valence-electron chi connectivity index (χ3n) is 3.76. The summed E-state index contributed by atoms with van der Waals surface area (Å²) in [5.41, 5.74) is -3.07. The van der Waals surface area contributed by atoms with Gasteiger partial charge in [0.05, 0.1) is 6.10 Å². The average Bonchev–Trinajstić information content (AvgIpc) is 2.72. The Kier molecular flexibility index (Phi) is 4.26. The van der Waals surface area contributed by atoms with Crippen molar-refractivity contribution in [3.63, 3.8) is 0 Å². The number of nitrogens with one attached hydrogen (secondary N) is 1. The quantitative estimate of drug-likeness (QED) is 0.586. The number of aryl methyl sites for hydroxylation is 1. The molecule has 2 rings (SSSR count). The molecule has 1 aromatic rings. The van der Waals surface area contributed by atoms with E-state index in [2.05, 4.69) is 10.9 Å². The lowest BCUT2D eigenvalue weighted by Gasteiger charge is -2.29. The van der Waals surface area contributed by atoms with E-state index in [0.717, 1.165) is 4.57 Å². The zero-order chi connectivity index (χ0) is 16.7. The summed E-state index contributed by atoms with van der Waals surface area (Å²) in [6, 6.07) is 1.18. The largest absolute Gasteiger partial charge is 0.391 e. The van der Waals surface area contributed by atoms with Crippen LogP contribution in [0.2, 0.25) is 0 Å². The standard InChI is InChI=1S/C14H18N2O6/c1-5-14(20)11(21-4)10(8(3)17)22-12(14)16-7(2)6-9(18)15-13(16)19/h1,6,8,10-12,17,20H,2-4H3,(H,15,18,19)/t8-,10+,11-,12+,14?/m0/s1. The van der Waals surface area contributed by atoms with Crippen molar-refractivity contribution >= 4 is 0 Å². The van der Waals surface area contributed by atoms with Crippen molar-refractivity contribution in [2.75, 3.05) is 7.11 Å². The molecule has 0 radical (unpaired) electrons. The van der Waals surface area contributed by atoms with E-state index in [1.807, 2.05) is 0 Å². The molecule has 22 heavy (non-hydrogen) atoms. The first kappa shape index (κ1) is 16.5. The molecule has 0 bridgehead atoms. The predicted octanol–water partition coefficient (Wildman–Crippen LogP) is -1.50. The molecule has 0 spiro atoms. The van der Waals surface area contributed by atoms with Gasteiger partial charge in [0.1, 0.15) is 12.2 Å². The number of hydrogen-bond acceptors (Lipinski definition) is 6. The first-order valence-electron chi connectivity index (χ1n) is 6.65. The third-order valence-corrected chi connectivity index (χ3v) is 3.76. The molecule has 0 saturated carbocycles. The van der Waals surface area contributed by atoms with Crippen LogP contribution >= 0.6 is 0 Å². The molecule has 8 nitrogen and oxygen atoms in total. The Hall–Kier alpha value is -1.92. The van der Waals surface area contributed by atoms with Gasteiger partial charge in [0, 0.05) is 18.9 Å². The Morgan fingerprint density at radius 3 is 2.68 bits per heavy atom. The fraction of sp³-hybridized carbons (Fsp3) is 0.571. The Bertz CT molecular complexity index is 715. The summed E-state index contributed by atoms with van der Waals surface area (Å²) >= 11 is 0. The molecule has 1 aliphatic heterocycles. The molecule has 1 unspecified atom stereocenters. The van der Waals surface area contributed by atoms with Gasteiger partial charge in [-0.15, -0.1) is 6.42 Å². The topological polar surface area (TPSA) is 114 Å². The molecular formula is C14H18N2O6. The molecule has 2 heterocycles. The van der Waals surface area contributed by atoms with Crippen LogP contribution in [0.3, 0.4) is 0 Å². The van der Waals surface area contributed by atoms with Crippen LogP contribution in [0.5, 0.6) is 0 Å². The second kappa shape index (κ2) is 5.70. The summed E-state index contributed by atoms with van der Waals surface area (Å²) in [7, 11) is 1.32. The second-order valence-electron chi connectivity index (χ2n) is 5.27. The zero-order valence-corrected chi connectivity index (χ0v) is 12.4. The number of terminal acetylenes is 1. The Labute approximate surface area is 126 Å². The Morgan fingerprint density at radius 1 is 1.59 bits per heavy atom. The van der Waals surface area contributed by atoms with E-state index < -0.39 is 41.4 Å². The number of aromatic amines is 1. The molecule has 0 amide bonds. The fourth-order valence-electron chi connectivity index (χ4n) is 2.72. The fourth-order valence-corrected chi connectivity index (χ4v) is 2.72. The lowest BCUT2D eigenvalue weighted by atomic mass is 9.92.